The van der Waals surface area contributed by atoms with Gasteiger partial charge in [-0.3, -0.25) is 4.79 Å². The highest BCUT2D eigenvalue weighted by molar-refractivity contribution is 7.99. The summed E-state index contributed by atoms with van der Waals surface area (Å²) in [7, 11) is 1.39. The number of anilines is 1. The third kappa shape index (κ3) is 3.89. The molecular weight excluding hydrogens is 256 g/mol. The normalized spacial score (nSPS) is 19.2. The van der Waals surface area contributed by atoms with Gasteiger partial charge in [-0.15, -0.1) is 11.3 Å². The largest absolute Gasteiger partial charge is 0.469 e. The molecule has 0 aromatic carbocycles. The van der Waals surface area contributed by atoms with E-state index in [-0.39, 0.29) is 12.4 Å². The SMILES string of the molecule is COC(=O)Cc1csc(NCC2CCSC2)n1. The van der Waals surface area contributed by atoms with E-state index in [4.69, 9.17) is 0 Å². The predicted octanol–water partition coefficient (Wildman–Crippen LogP) is 2.02. The molecule has 1 aromatic rings. The zero-order chi connectivity index (χ0) is 12.1. The van der Waals surface area contributed by atoms with E-state index in [0.717, 1.165) is 23.3 Å². The summed E-state index contributed by atoms with van der Waals surface area (Å²) in [5.74, 6) is 3.03. The number of carbonyl (C=O) groups is 1. The maximum atomic E-state index is 11.1. The van der Waals surface area contributed by atoms with Crippen molar-refractivity contribution < 1.29 is 9.53 Å². The second-order valence-corrected chi connectivity index (χ2v) is 6.02. The van der Waals surface area contributed by atoms with Crippen LogP contribution in [0.25, 0.3) is 0 Å². The summed E-state index contributed by atoms with van der Waals surface area (Å²) in [4.78, 5) is 15.4. The molecule has 1 atom stereocenters. The number of nitrogens with zero attached hydrogens (tertiary/aromatic N) is 1. The Morgan fingerprint density at radius 3 is 3.29 bits per heavy atom. The van der Waals surface area contributed by atoms with Crippen molar-refractivity contribution in [2.45, 2.75) is 12.8 Å². The molecule has 4 nitrogen and oxygen atoms in total. The molecule has 1 aliphatic heterocycles. The van der Waals surface area contributed by atoms with Crippen LogP contribution in [0.5, 0.6) is 0 Å². The number of carbonyl (C=O) groups excluding carboxylic acids is 1. The summed E-state index contributed by atoms with van der Waals surface area (Å²) in [6.07, 6.45) is 1.55. The third-order valence-corrected chi connectivity index (χ3v) is 4.75. The molecule has 0 saturated carbocycles. The first kappa shape index (κ1) is 12.7. The fourth-order valence-electron chi connectivity index (χ4n) is 1.67. The van der Waals surface area contributed by atoms with Crippen LogP contribution in [0.4, 0.5) is 5.13 Å². The van der Waals surface area contributed by atoms with Crippen LogP contribution in [-0.2, 0) is 16.0 Å². The van der Waals surface area contributed by atoms with Crippen LogP contribution in [-0.4, -0.2) is 36.1 Å². The van der Waals surface area contributed by atoms with Gasteiger partial charge in [0.2, 0.25) is 0 Å². The Balaban J connectivity index is 1.79. The molecule has 1 N–H and O–H groups in total. The molecule has 0 amide bonds. The molecule has 0 bridgehead atoms. The van der Waals surface area contributed by atoms with Crippen LogP contribution in [0, 0.1) is 5.92 Å². The summed E-state index contributed by atoms with van der Waals surface area (Å²) in [6.45, 7) is 0.984. The van der Waals surface area contributed by atoms with E-state index in [0.29, 0.717) is 0 Å². The highest BCUT2D eigenvalue weighted by Crippen LogP contribution is 2.24. The molecule has 94 valence electrons. The first-order chi connectivity index (χ1) is 8.28. The molecule has 1 aliphatic rings. The van der Waals surface area contributed by atoms with Crippen molar-refractivity contribution in [3.05, 3.63) is 11.1 Å². The van der Waals surface area contributed by atoms with E-state index < -0.39 is 0 Å². The van der Waals surface area contributed by atoms with Crippen molar-refractivity contribution in [2.75, 3.05) is 30.5 Å². The lowest BCUT2D eigenvalue weighted by Crippen LogP contribution is -2.13. The van der Waals surface area contributed by atoms with E-state index in [1.54, 1.807) is 11.3 Å². The van der Waals surface area contributed by atoms with Crippen LogP contribution in [0.1, 0.15) is 12.1 Å². The lowest BCUT2D eigenvalue weighted by atomic mass is 10.1. The molecule has 1 unspecified atom stereocenters. The quantitative estimate of drug-likeness (QED) is 0.831. The molecule has 0 aliphatic carbocycles. The average Bonchev–Trinajstić information content (AvgIpc) is 2.97. The summed E-state index contributed by atoms with van der Waals surface area (Å²) < 4.78 is 4.61. The Morgan fingerprint density at radius 1 is 1.71 bits per heavy atom. The van der Waals surface area contributed by atoms with Gasteiger partial charge in [-0.05, 0) is 23.8 Å². The topological polar surface area (TPSA) is 51.2 Å². The molecule has 17 heavy (non-hydrogen) atoms. The van der Waals surface area contributed by atoms with Gasteiger partial charge in [0.15, 0.2) is 5.13 Å². The van der Waals surface area contributed by atoms with Crippen LogP contribution in [0.2, 0.25) is 0 Å². The predicted molar refractivity (Wildman–Crippen MR) is 71.8 cm³/mol. The van der Waals surface area contributed by atoms with Gasteiger partial charge in [0, 0.05) is 11.9 Å². The number of hydrogen-bond donors (Lipinski definition) is 1. The van der Waals surface area contributed by atoms with Gasteiger partial charge < -0.3 is 10.1 Å². The molecule has 1 fully saturated rings. The molecule has 0 spiro atoms. The van der Waals surface area contributed by atoms with Crippen molar-refractivity contribution in [3.63, 3.8) is 0 Å². The lowest BCUT2D eigenvalue weighted by Gasteiger charge is -2.07. The standard InChI is InChI=1S/C11H16N2O2S2/c1-15-10(14)4-9-7-17-11(13-9)12-5-8-2-3-16-6-8/h7-8H,2-6H2,1H3,(H,12,13). The van der Waals surface area contributed by atoms with Crippen LogP contribution >= 0.6 is 23.1 Å². The van der Waals surface area contributed by atoms with Crippen molar-refractivity contribution in [1.29, 1.82) is 0 Å². The first-order valence-corrected chi connectivity index (χ1v) is 7.64. The highest BCUT2D eigenvalue weighted by Gasteiger charge is 2.15. The summed E-state index contributed by atoms with van der Waals surface area (Å²) in [6, 6.07) is 0. The Bertz CT molecular complexity index is 375. The number of thioether (sulfide) groups is 1. The van der Waals surface area contributed by atoms with E-state index >= 15 is 0 Å². The van der Waals surface area contributed by atoms with Crippen molar-refractivity contribution in [1.82, 2.24) is 4.98 Å². The highest BCUT2D eigenvalue weighted by atomic mass is 32.2. The number of thiazole rings is 1. The minimum atomic E-state index is -0.242. The van der Waals surface area contributed by atoms with Gasteiger partial charge in [-0.1, -0.05) is 0 Å². The number of methoxy groups -OCH3 is 1. The van der Waals surface area contributed by atoms with Gasteiger partial charge in [0.25, 0.3) is 0 Å². The number of esters is 1. The van der Waals surface area contributed by atoms with E-state index in [1.807, 2.05) is 17.1 Å². The van der Waals surface area contributed by atoms with Gasteiger partial charge in [0.05, 0.1) is 19.2 Å². The third-order valence-electron chi connectivity index (χ3n) is 2.67. The molecular formula is C11H16N2O2S2. The Kier molecular flexibility index (Phi) is 4.67. The number of ether oxygens (including phenoxy) is 1. The van der Waals surface area contributed by atoms with Crippen molar-refractivity contribution in [3.8, 4) is 0 Å². The summed E-state index contributed by atoms with van der Waals surface area (Å²) in [5.41, 5.74) is 0.783. The minimum Gasteiger partial charge on any atom is -0.469 e. The number of aromatic nitrogens is 1. The minimum absolute atomic E-state index is 0.242. The van der Waals surface area contributed by atoms with Crippen molar-refractivity contribution in [2.24, 2.45) is 5.92 Å². The molecule has 0 radical (unpaired) electrons. The van der Waals surface area contributed by atoms with E-state index in [2.05, 4.69) is 15.0 Å². The Hall–Kier alpha value is -0.750. The number of rotatable bonds is 5. The molecule has 2 rings (SSSR count). The lowest BCUT2D eigenvalue weighted by molar-refractivity contribution is -0.139. The van der Waals surface area contributed by atoms with Crippen LogP contribution in [0.15, 0.2) is 5.38 Å². The smallest absolute Gasteiger partial charge is 0.311 e. The Labute approximate surface area is 109 Å². The average molecular weight is 272 g/mol. The van der Waals surface area contributed by atoms with Gasteiger partial charge in [-0.2, -0.15) is 11.8 Å². The number of nitrogens with one attached hydrogen (secondary N) is 1. The molecule has 2 heterocycles. The van der Waals surface area contributed by atoms with E-state index in [9.17, 15) is 4.79 Å². The van der Waals surface area contributed by atoms with Gasteiger partial charge >= 0.3 is 5.97 Å². The van der Waals surface area contributed by atoms with Crippen LogP contribution < -0.4 is 5.32 Å². The first-order valence-electron chi connectivity index (χ1n) is 5.60. The monoisotopic (exact) mass is 272 g/mol. The summed E-state index contributed by atoms with van der Waals surface area (Å²) >= 11 is 3.56. The zero-order valence-electron chi connectivity index (χ0n) is 9.77. The fraction of sp³-hybridized carbons (Fsp3) is 0.636. The maximum absolute atomic E-state index is 11.1. The zero-order valence-corrected chi connectivity index (χ0v) is 11.4. The molecule has 1 saturated heterocycles. The summed E-state index contributed by atoms with van der Waals surface area (Å²) in [5, 5.41) is 6.15. The second kappa shape index (κ2) is 6.26. The van der Waals surface area contributed by atoms with E-state index in [1.165, 1.54) is 25.0 Å². The maximum Gasteiger partial charge on any atom is 0.311 e. The molecule has 1 aromatic heterocycles. The molecule has 6 heteroatoms. The second-order valence-electron chi connectivity index (χ2n) is 4.01. The Morgan fingerprint density at radius 2 is 2.59 bits per heavy atom. The van der Waals surface area contributed by atoms with Gasteiger partial charge in [0.1, 0.15) is 0 Å². The fourth-order valence-corrected chi connectivity index (χ4v) is 3.67. The number of hydrogen-bond acceptors (Lipinski definition) is 6. The van der Waals surface area contributed by atoms with Gasteiger partial charge in [-0.25, -0.2) is 4.98 Å². The van der Waals surface area contributed by atoms with Crippen molar-refractivity contribution >= 4 is 34.2 Å². The van der Waals surface area contributed by atoms with Crippen LogP contribution in [0.3, 0.4) is 0 Å².